The molecule has 7 nitrogen and oxygen atoms in total. The predicted molar refractivity (Wildman–Crippen MR) is 149 cm³/mol. The van der Waals surface area contributed by atoms with Crippen LogP contribution in [0.2, 0.25) is 0 Å². The highest BCUT2D eigenvalue weighted by molar-refractivity contribution is 6.00. The van der Waals surface area contributed by atoms with Gasteiger partial charge in [0.05, 0.1) is 11.7 Å². The van der Waals surface area contributed by atoms with Gasteiger partial charge in [-0.2, -0.15) is 5.10 Å². The summed E-state index contributed by atoms with van der Waals surface area (Å²) in [5.74, 6) is 0.697. The molecule has 1 aromatic heterocycles. The molecule has 7 heteroatoms. The summed E-state index contributed by atoms with van der Waals surface area (Å²) < 4.78 is 18.5. The Morgan fingerprint density at radius 3 is 2.50 bits per heavy atom. The summed E-state index contributed by atoms with van der Waals surface area (Å²) in [5.41, 5.74) is 11.9. The number of carbonyl (C=O) groups is 1. The Kier molecular flexibility index (Phi) is 8.04. The molecule has 2 N–H and O–H groups in total. The molecule has 1 aliphatic rings. The summed E-state index contributed by atoms with van der Waals surface area (Å²) in [6.45, 7) is 3.32. The smallest absolute Gasteiger partial charge is 0.404 e. The largest absolute Gasteiger partial charge is 0.490 e. The summed E-state index contributed by atoms with van der Waals surface area (Å²) in [4.78, 5) is 10.8. The van der Waals surface area contributed by atoms with E-state index in [0.717, 1.165) is 54.3 Å². The van der Waals surface area contributed by atoms with Crippen molar-refractivity contribution in [2.45, 2.75) is 38.8 Å². The quantitative estimate of drug-likeness (QED) is 0.203. The molecule has 4 aromatic rings. The molecule has 0 bridgehead atoms. The Balaban J connectivity index is 1.52. The van der Waals surface area contributed by atoms with Crippen LogP contribution in [0.15, 0.2) is 79.0 Å². The molecule has 5 rings (SSSR count). The molecule has 0 spiro atoms. The Morgan fingerprint density at radius 2 is 1.79 bits per heavy atom. The molecule has 2 heterocycles. The Bertz CT molecular complexity index is 1400. The van der Waals surface area contributed by atoms with Gasteiger partial charge in [-0.05, 0) is 77.8 Å². The first kappa shape index (κ1) is 25.5. The monoisotopic (exact) mass is 511 g/mol. The van der Waals surface area contributed by atoms with Crippen molar-refractivity contribution in [3.63, 3.8) is 0 Å². The molecule has 1 amide bonds. The number of carbonyl (C=O) groups excluding carboxylic acids is 1. The van der Waals surface area contributed by atoms with Crippen molar-refractivity contribution >= 4 is 28.1 Å². The Morgan fingerprint density at radius 1 is 1.00 bits per heavy atom. The van der Waals surface area contributed by atoms with Gasteiger partial charge in [0.1, 0.15) is 19.0 Å². The highest BCUT2D eigenvalue weighted by atomic mass is 16.6. The molecule has 196 valence electrons. The van der Waals surface area contributed by atoms with Crippen LogP contribution in [0.5, 0.6) is 5.75 Å². The van der Waals surface area contributed by atoms with Crippen molar-refractivity contribution in [2.24, 2.45) is 5.73 Å². The van der Waals surface area contributed by atoms with Crippen molar-refractivity contribution in [2.75, 3.05) is 19.8 Å². The Hall–Kier alpha value is -4.10. The van der Waals surface area contributed by atoms with Crippen LogP contribution in [-0.2, 0) is 9.47 Å². The number of allylic oxidation sites excluding steroid dienone is 1. The summed E-state index contributed by atoms with van der Waals surface area (Å²) in [7, 11) is 0. The van der Waals surface area contributed by atoms with Crippen LogP contribution in [0, 0.1) is 0 Å². The van der Waals surface area contributed by atoms with E-state index in [9.17, 15) is 4.79 Å². The fourth-order valence-electron chi connectivity index (χ4n) is 5.05. The number of hydrogen-bond donors (Lipinski definition) is 1. The van der Waals surface area contributed by atoms with Crippen LogP contribution in [0.3, 0.4) is 0 Å². The van der Waals surface area contributed by atoms with Crippen LogP contribution in [0.25, 0.3) is 22.0 Å². The number of hydrogen-bond acceptors (Lipinski definition) is 5. The van der Waals surface area contributed by atoms with E-state index >= 15 is 0 Å². The van der Waals surface area contributed by atoms with Crippen molar-refractivity contribution in [3.8, 4) is 5.75 Å². The van der Waals surface area contributed by atoms with E-state index in [2.05, 4.69) is 61.5 Å². The van der Waals surface area contributed by atoms with Gasteiger partial charge < -0.3 is 19.9 Å². The molecule has 0 saturated carbocycles. The van der Waals surface area contributed by atoms with Gasteiger partial charge in [-0.3, -0.25) is 0 Å². The number of benzene rings is 3. The van der Waals surface area contributed by atoms with Gasteiger partial charge in [0.15, 0.2) is 6.23 Å². The van der Waals surface area contributed by atoms with Gasteiger partial charge in [-0.25, -0.2) is 9.48 Å². The lowest BCUT2D eigenvalue weighted by Gasteiger charge is -2.23. The van der Waals surface area contributed by atoms with Gasteiger partial charge in [0.2, 0.25) is 0 Å². The zero-order valence-electron chi connectivity index (χ0n) is 21.6. The first-order chi connectivity index (χ1) is 18.6. The van der Waals surface area contributed by atoms with Crippen LogP contribution in [0.1, 0.15) is 55.5 Å². The minimum atomic E-state index is -0.805. The molecule has 1 aliphatic heterocycles. The zero-order chi connectivity index (χ0) is 26.3. The molecule has 1 atom stereocenters. The topological polar surface area (TPSA) is 88.6 Å². The summed E-state index contributed by atoms with van der Waals surface area (Å²) in [6, 6.07) is 25.1. The molecule has 0 aliphatic carbocycles. The van der Waals surface area contributed by atoms with Gasteiger partial charge in [0, 0.05) is 12.0 Å². The van der Waals surface area contributed by atoms with Crippen molar-refractivity contribution in [1.29, 1.82) is 0 Å². The second kappa shape index (κ2) is 12.0. The molecule has 1 unspecified atom stereocenters. The predicted octanol–water partition coefficient (Wildman–Crippen LogP) is 6.58. The fraction of sp³-hybridized carbons (Fsp3) is 0.290. The number of amides is 1. The number of nitrogens with two attached hydrogens (primary N) is 1. The maximum atomic E-state index is 10.8. The van der Waals surface area contributed by atoms with Gasteiger partial charge >= 0.3 is 6.09 Å². The molecular weight excluding hydrogens is 478 g/mol. The molecule has 1 fully saturated rings. The van der Waals surface area contributed by atoms with Crippen molar-refractivity contribution < 1.29 is 19.0 Å². The number of rotatable bonds is 9. The lowest BCUT2D eigenvalue weighted by atomic mass is 9.88. The van der Waals surface area contributed by atoms with Gasteiger partial charge in [-0.1, -0.05) is 55.5 Å². The maximum absolute atomic E-state index is 10.8. The number of aromatic nitrogens is 2. The number of ether oxygens (including phenoxy) is 3. The minimum absolute atomic E-state index is 0.00134. The second-order valence-corrected chi connectivity index (χ2v) is 9.30. The summed E-state index contributed by atoms with van der Waals surface area (Å²) >= 11 is 0. The molecule has 1 saturated heterocycles. The van der Waals surface area contributed by atoms with E-state index in [1.807, 2.05) is 29.1 Å². The van der Waals surface area contributed by atoms with E-state index < -0.39 is 6.09 Å². The third-order valence-corrected chi connectivity index (χ3v) is 6.83. The van der Waals surface area contributed by atoms with E-state index in [4.69, 9.17) is 25.0 Å². The first-order valence-corrected chi connectivity index (χ1v) is 13.2. The second-order valence-electron chi connectivity index (χ2n) is 9.30. The van der Waals surface area contributed by atoms with E-state index in [1.165, 1.54) is 16.7 Å². The zero-order valence-corrected chi connectivity index (χ0v) is 21.6. The van der Waals surface area contributed by atoms with Crippen molar-refractivity contribution in [3.05, 3.63) is 95.7 Å². The van der Waals surface area contributed by atoms with Crippen LogP contribution in [-0.4, -0.2) is 35.7 Å². The van der Waals surface area contributed by atoms with E-state index in [1.54, 1.807) is 0 Å². The molecular formula is C31H33N3O4. The third-order valence-electron chi connectivity index (χ3n) is 6.83. The summed E-state index contributed by atoms with van der Waals surface area (Å²) in [6.07, 6.45) is 5.26. The number of fused-ring (bicyclic) bond motifs is 1. The molecule has 3 aromatic carbocycles. The van der Waals surface area contributed by atoms with E-state index in [0.29, 0.717) is 5.75 Å². The highest BCUT2D eigenvalue weighted by Crippen LogP contribution is 2.37. The Labute approximate surface area is 222 Å². The van der Waals surface area contributed by atoms with Crippen molar-refractivity contribution in [1.82, 2.24) is 9.78 Å². The fourth-order valence-corrected chi connectivity index (χ4v) is 5.05. The average molecular weight is 512 g/mol. The SMILES string of the molecule is CCC(=C(c1ccc(OCCOC(N)=O)cc1)c1ccc2c(cnn2C2CCCCO2)c1)c1ccccc1. The number of primary amides is 1. The standard InChI is InChI=1S/C31H33N3O4/c1-2-27(22-8-4-3-5-9-22)30(23-11-14-26(15-12-23)36-18-19-38-31(32)35)24-13-16-28-25(20-24)21-33-34(28)29-10-6-7-17-37-29/h3-5,8-9,11-16,20-21,29H,2,6-7,10,17-19H2,1H3,(H2,32,35). The van der Waals surface area contributed by atoms with Gasteiger partial charge in [0.25, 0.3) is 0 Å². The lowest BCUT2D eigenvalue weighted by Crippen LogP contribution is -2.18. The third kappa shape index (κ3) is 5.73. The lowest BCUT2D eigenvalue weighted by molar-refractivity contribution is -0.0366. The highest BCUT2D eigenvalue weighted by Gasteiger charge is 2.20. The molecule has 0 radical (unpaired) electrons. The van der Waals surface area contributed by atoms with Crippen LogP contribution >= 0.6 is 0 Å². The van der Waals surface area contributed by atoms with Crippen LogP contribution < -0.4 is 10.5 Å². The maximum Gasteiger partial charge on any atom is 0.404 e. The summed E-state index contributed by atoms with van der Waals surface area (Å²) in [5, 5.41) is 5.78. The van der Waals surface area contributed by atoms with Gasteiger partial charge in [-0.15, -0.1) is 0 Å². The average Bonchev–Trinajstić information content (AvgIpc) is 3.39. The number of nitrogens with zero attached hydrogens (tertiary/aromatic N) is 2. The first-order valence-electron chi connectivity index (χ1n) is 13.2. The van der Waals surface area contributed by atoms with Crippen LogP contribution in [0.4, 0.5) is 4.79 Å². The normalized spacial score (nSPS) is 16.2. The molecule has 38 heavy (non-hydrogen) atoms. The van der Waals surface area contributed by atoms with E-state index in [-0.39, 0.29) is 19.4 Å². The minimum Gasteiger partial charge on any atom is -0.490 e.